The van der Waals surface area contributed by atoms with Crippen LogP contribution in [0.1, 0.15) is 17.5 Å². The summed E-state index contributed by atoms with van der Waals surface area (Å²) in [5, 5.41) is 13.6. The Kier molecular flexibility index (Phi) is 9.11. The lowest BCUT2D eigenvalue weighted by molar-refractivity contribution is -0.117. The van der Waals surface area contributed by atoms with E-state index in [0.29, 0.717) is 26.1 Å². The summed E-state index contributed by atoms with van der Waals surface area (Å²) in [5.41, 5.74) is 5.41. The van der Waals surface area contributed by atoms with Crippen molar-refractivity contribution in [3.63, 3.8) is 0 Å². The molecule has 190 valence electrons. The van der Waals surface area contributed by atoms with Gasteiger partial charge >= 0.3 is 0 Å². The first-order valence-electron chi connectivity index (χ1n) is 12.7. The zero-order valence-electron chi connectivity index (χ0n) is 21.3. The number of benzene rings is 3. The number of piperazine rings is 1. The molecule has 0 aromatic heterocycles. The van der Waals surface area contributed by atoms with E-state index in [1.165, 1.54) is 5.56 Å². The van der Waals surface area contributed by atoms with Crippen LogP contribution in [0.15, 0.2) is 72.8 Å². The standard InChI is InChI=1S/C30H37N3O3/c1-23-7-6-8-24(2)30(23)31-29(35)22-33-18-16-32(17-19-33)21-27(34)15-20-36-28-13-11-26(12-14-28)25-9-4-3-5-10-25/h3-14,27,34H,15-22H2,1-2H3,(H,31,35). The van der Waals surface area contributed by atoms with E-state index in [-0.39, 0.29) is 5.91 Å². The Morgan fingerprint density at radius 3 is 2.14 bits per heavy atom. The summed E-state index contributed by atoms with van der Waals surface area (Å²) >= 11 is 0. The maximum absolute atomic E-state index is 12.6. The van der Waals surface area contributed by atoms with Crippen LogP contribution < -0.4 is 10.1 Å². The summed E-state index contributed by atoms with van der Waals surface area (Å²) in [6.07, 6.45) is 0.145. The van der Waals surface area contributed by atoms with E-state index in [9.17, 15) is 9.90 Å². The number of amides is 1. The Hall–Kier alpha value is -3.19. The maximum Gasteiger partial charge on any atom is 0.238 e. The molecule has 4 rings (SSSR count). The fraction of sp³-hybridized carbons (Fsp3) is 0.367. The largest absolute Gasteiger partial charge is 0.493 e. The Morgan fingerprint density at radius 2 is 1.47 bits per heavy atom. The summed E-state index contributed by atoms with van der Waals surface area (Å²) in [6, 6.07) is 24.4. The Morgan fingerprint density at radius 1 is 0.861 bits per heavy atom. The molecule has 3 aromatic carbocycles. The van der Waals surface area contributed by atoms with Crippen LogP contribution in [-0.2, 0) is 4.79 Å². The van der Waals surface area contributed by atoms with E-state index < -0.39 is 6.10 Å². The van der Waals surface area contributed by atoms with Gasteiger partial charge < -0.3 is 15.2 Å². The van der Waals surface area contributed by atoms with E-state index in [0.717, 1.165) is 54.3 Å². The van der Waals surface area contributed by atoms with Crippen molar-refractivity contribution in [2.75, 3.05) is 51.2 Å². The second-order valence-electron chi connectivity index (χ2n) is 9.57. The number of aliphatic hydroxyl groups excluding tert-OH is 1. The van der Waals surface area contributed by atoms with E-state index in [1.807, 2.05) is 62.4 Å². The van der Waals surface area contributed by atoms with E-state index >= 15 is 0 Å². The van der Waals surface area contributed by atoms with Crippen LogP contribution in [0.4, 0.5) is 5.69 Å². The zero-order valence-corrected chi connectivity index (χ0v) is 21.3. The molecule has 6 nitrogen and oxygen atoms in total. The van der Waals surface area contributed by atoms with Gasteiger partial charge in [-0.2, -0.15) is 0 Å². The molecule has 0 radical (unpaired) electrons. The molecule has 1 unspecified atom stereocenters. The molecule has 1 aliphatic rings. The number of carbonyl (C=O) groups is 1. The van der Waals surface area contributed by atoms with Crippen LogP contribution in [-0.4, -0.2) is 72.8 Å². The Balaban J connectivity index is 1.13. The SMILES string of the molecule is Cc1cccc(C)c1NC(=O)CN1CCN(CC(O)CCOc2ccc(-c3ccccc3)cc2)CC1. The van der Waals surface area contributed by atoms with Gasteiger partial charge in [0.15, 0.2) is 0 Å². The highest BCUT2D eigenvalue weighted by Gasteiger charge is 2.21. The number of nitrogens with zero attached hydrogens (tertiary/aromatic N) is 2. The van der Waals surface area contributed by atoms with Gasteiger partial charge in [0, 0.05) is 44.8 Å². The van der Waals surface area contributed by atoms with Crippen molar-refractivity contribution in [1.82, 2.24) is 9.80 Å². The fourth-order valence-electron chi connectivity index (χ4n) is 4.60. The van der Waals surface area contributed by atoms with Crippen molar-refractivity contribution in [2.24, 2.45) is 0 Å². The molecule has 1 amide bonds. The quantitative estimate of drug-likeness (QED) is 0.445. The third-order valence-electron chi connectivity index (χ3n) is 6.73. The van der Waals surface area contributed by atoms with Crippen molar-refractivity contribution in [3.05, 3.63) is 83.9 Å². The van der Waals surface area contributed by atoms with Crippen LogP contribution >= 0.6 is 0 Å². The number of nitrogens with one attached hydrogen (secondary N) is 1. The Labute approximate surface area is 214 Å². The van der Waals surface area contributed by atoms with Gasteiger partial charge in [0.1, 0.15) is 5.75 Å². The van der Waals surface area contributed by atoms with Gasteiger partial charge in [0.05, 0.1) is 19.3 Å². The van der Waals surface area contributed by atoms with Gasteiger partial charge in [0.2, 0.25) is 5.91 Å². The summed E-state index contributed by atoms with van der Waals surface area (Å²) < 4.78 is 5.85. The van der Waals surface area contributed by atoms with Crippen molar-refractivity contribution in [2.45, 2.75) is 26.4 Å². The minimum absolute atomic E-state index is 0.0230. The predicted octanol–water partition coefficient (Wildman–Crippen LogP) is 4.36. The highest BCUT2D eigenvalue weighted by Crippen LogP contribution is 2.22. The molecule has 3 aromatic rings. The van der Waals surface area contributed by atoms with Gasteiger partial charge in [0.25, 0.3) is 0 Å². The number of para-hydroxylation sites is 1. The first-order valence-corrected chi connectivity index (χ1v) is 12.7. The molecule has 1 atom stereocenters. The average molecular weight is 488 g/mol. The fourth-order valence-corrected chi connectivity index (χ4v) is 4.60. The van der Waals surface area contributed by atoms with Crippen LogP contribution in [0.2, 0.25) is 0 Å². The first kappa shape index (κ1) is 25.9. The summed E-state index contributed by atoms with van der Waals surface area (Å²) in [4.78, 5) is 17.0. The maximum atomic E-state index is 12.6. The molecule has 1 fully saturated rings. The van der Waals surface area contributed by atoms with E-state index in [1.54, 1.807) is 0 Å². The van der Waals surface area contributed by atoms with Crippen molar-refractivity contribution < 1.29 is 14.6 Å². The van der Waals surface area contributed by atoms with Gasteiger partial charge in [-0.3, -0.25) is 14.6 Å². The normalized spacial score (nSPS) is 15.4. The number of hydrogen-bond acceptors (Lipinski definition) is 5. The minimum atomic E-state index is -0.438. The zero-order chi connectivity index (χ0) is 25.3. The third kappa shape index (κ3) is 7.40. The van der Waals surface area contributed by atoms with Gasteiger partial charge in [-0.25, -0.2) is 0 Å². The molecular formula is C30H37N3O3. The van der Waals surface area contributed by atoms with Crippen molar-refractivity contribution >= 4 is 11.6 Å². The lowest BCUT2D eigenvalue weighted by Crippen LogP contribution is -2.50. The minimum Gasteiger partial charge on any atom is -0.493 e. The molecule has 36 heavy (non-hydrogen) atoms. The number of anilines is 1. The molecule has 1 heterocycles. The van der Waals surface area contributed by atoms with Gasteiger partial charge in [-0.1, -0.05) is 60.7 Å². The predicted molar refractivity (Wildman–Crippen MR) is 145 cm³/mol. The number of β-amino-alcohol motifs (C(OH)–C–C–N with tert-alkyl or cyclic N) is 1. The van der Waals surface area contributed by atoms with Crippen molar-refractivity contribution in [3.8, 4) is 16.9 Å². The molecule has 0 saturated carbocycles. The summed E-state index contributed by atoms with van der Waals surface area (Å²) in [6.45, 7) is 8.84. The molecule has 2 N–H and O–H groups in total. The van der Waals surface area contributed by atoms with Crippen molar-refractivity contribution in [1.29, 1.82) is 0 Å². The molecule has 1 aliphatic heterocycles. The third-order valence-corrected chi connectivity index (χ3v) is 6.73. The number of rotatable bonds is 10. The highest BCUT2D eigenvalue weighted by molar-refractivity contribution is 5.93. The van der Waals surface area contributed by atoms with Crippen LogP contribution in [0.25, 0.3) is 11.1 Å². The average Bonchev–Trinajstić information content (AvgIpc) is 2.88. The van der Waals surface area contributed by atoms with Gasteiger partial charge in [-0.05, 0) is 48.2 Å². The molecule has 6 heteroatoms. The van der Waals surface area contributed by atoms with E-state index in [4.69, 9.17) is 4.74 Å². The number of carbonyl (C=O) groups excluding carboxylic acids is 1. The lowest BCUT2D eigenvalue weighted by atomic mass is 10.1. The number of aliphatic hydroxyl groups is 1. The molecule has 0 bridgehead atoms. The molecular weight excluding hydrogens is 450 g/mol. The number of ether oxygens (including phenoxy) is 1. The second kappa shape index (κ2) is 12.7. The second-order valence-corrected chi connectivity index (χ2v) is 9.57. The number of aryl methyl sites for hydroxylation is 2. The topological polar surface area (TPSA) is 65.0 Å². The van der Waals surface area contributed by atoms with Crippen LogP contribution in [0.3, 0.4) is 0 Å². The monoisotopic (exact) mass is 487 g/mol. The van der Waals surface area contributed by atoms with Crippen LogP contribution in [0.5, 0.6) is 5.75 Å². The smallest absolute Gasteiger partial charge is 0.238 e. The van der Waals surface area contributed by atoms with Gasteiger partial charge in [-0.15, -0.1) is 0 Å². The first-order chi connectivity index (χ1) is 17.5. The molecule has 1 saturated heterocycles. The number of hydrogen-bond donors (Lipinski definition) is 2. The Bertz CT molecular complexity index is 1090. The lowest BCUT2D eigenvalue weighted by Gasteiger charge is -2.35. The molecule has 0 aliphatic carbocycles. The van der Waals surface area contributed by atoms with E-state index in [2.05, 4.69) is 39.4 Å². The summed E-state index contributed by atoms with van der Waals surface area (Å²) in [5.74, 6) is 0.837. The van der Waals surface area contributed by atoms with Crippen LogP contribution in [0, 0.1) is 13.8 Å². The molecule has 0 spiro atoms. The summed E-state index contributed by atoms with van der Waals surface area (Å²) in [7, 11) is 0. The highest BCUT2D eigenvalue weighted by atomic mass is 16.5.